The van der Waals surface area contributed by atoms with Crippen molar-refractivity contribution in [2.45, 2.75) is 1.43 Å². The Hall–Kier alpha value is -0.760. The molecule has 2 nitrogen and oxygen atoms in total. The number of carbonyl (C=O) groups excluding carboxylic acids is 2. The van der Waals surface area contributed by atoms with Crippen LogP contribution in [0, 0.1) is 0 Å². The fourth-order valence-electron chi connectivity index (χ4n) is 1.64. The molecule has 0 saturated heterocycles. The predicted molar refractivity (Wildman–Crippen MR) is 92.3 cm³/mol. The summed E-state index contributed by atoms with van der Waals surface area (Å²) in [6.07, 6.45) is 0. The van der Waals surface area contributed by atoms with Crippen LogP contribution in [0.5, 0.6) is 0 Å². The average Bonchev–Trinajstić information content (AvgIpc) is 2.47. The van der Waals surface area contributed by atoms with Gasteiger partial charge < -0.3 is 0 Å². The van der Waals surface area contributed by atoms with Gasteiger partial charge in [0, 0.05) is 11.1 Å². The van der Waals surface area contributed by atoms with Crippen LogP contribution < -0.4 is 0 Å². The second-order valence-electron chi connectivity index (χ2n) is 3.96. The lowest BCUT2D eigenvalue weighted by atomic mass is 10.0. The smallest absolute Gasteiger partial charge is 0.198 e. The number of alkyl halides is 2. The van der Waals surface area contributed by atoms with Crippen molar-refractivity contribution in [3.63, 3.8) is 0 Å². The van der Waals surface area contributed by atoms with Gasteiger partial charge in [-0.2, -0.15) is 0 Å². The van der Waals surface area contributed by atoms with E-state index in [1.807, 2.05) is 57.3 Å². The molecule has 0 atom stereocenters. The number of carbonyl (C=O) groups is 2. The first-order valence-corrected chi connectivity index (χ1v) is 7.77. The highest BCUT2D eigenvalue weighted by Crippen LogP contribution is 2.35. The number of Topliss-reactive ketones (excluding diaryl/α,β-unsaturated/α-hetero) is 2. The lowest BCUT2D eigenvalue weighted by Gasteiger charge is -2.18. The third-order valence-corrected chi connectivity index (χ3v) is 4.60. The zero-order chi connectivity index (χ0) is 13.9. The van der Waals surface area contributed by atoms with Crippen molar-refractivity contribution in [2.24, 2.45) is 0 Å². The van der Waals surface area contributed by atoms with Gasteiger partial charge in [-0.25, -0.2) is 0 Å². The number of hydrogen-bond acceptors (Lipinski definition) is 2. The molecule has 96 valence electrons. The van der Waals surface area contributed by atoms with Gasteiger partial charge in [-0.15, -0.1) is 0 Å². The Kier molecular flexibility index (Phi) is 4.72. The average molecular weight is 476 g/mol. The highest BCUT2D eigenvalue weighted by atomic mass is 127. The molecular formula is C15H10I2O2. The zero-order valence-corrected chi connectivity index (χ0v) is 14.2. The largest absolute Gasteiger partial charge is 0.291 e. The van der Waals surface area contributed by atoms with Crippen LogP contribution in [0.15, 0.2) is 60.7 Å². The molecule has 0 amide bonds. The van der Waals surface area contributed by atoms with E-state index < -0.39 is 1.43 Å². The Balaban J connectivity index is 2.33. The molecule has 19 heavy (non-hydrogen) atoms. The first-order chi connectivity index (χ1) is 9.03. The molecule has 0 fully saturated rings. The summed E-state index contributed by atoms with van der Waals surface area (Å²) >= 11 is 3.84. The molecule has 2 aromatic rings. The van der Waals surface area contributed by atoms with E-state index in [1.165, 1.54) is 0 Å². The molecule has 4 heteroatoms. The SMILES string of the molecule is O=C(c1ccccc1)C(I)(I)C(=O)c1ccccc1. The van der Waals surface area contributed by atoms with Gasteiger partial charge in [0.15, 0.2) is 13.0 Å². The van der Waals surface area contributed by atoms with E-state index in [9.17, 15) is 9.59 Å². The van der Waals surface area contributed by atoms with Crippen LogP contribution in [0.1, 0.15) is 20.7 Å². The van der Waals surface area contributed by atoms with E-state index in [0.717, 1.165) is 0 Å². The van der Waals surface area contributed by atoms with Crippen LogP contribution in [-0.2, 0) is 0 Å². The number of hydrogen-bond donors (Lipinski definition) is 0. The molecule has 2 aromatic carbocycles. The van der Waals surface area contributed by atoms with Crippen molar-refractivity contribution in [2.75, 3.05) is 0 Å². The Morgan fingerprint density at radius 1 is 0.684 bits per heavy atom. The van der Waals surface area contributed by atoms with Crippen molar-refractivity contribution in [1.82, 2.24) is 0 Å². The van der Waals surface area contributed by atoms with Crippen molar-refractivity contribution < 1.29 is 9.59 Å². The standard InChI is InChI=1S/C15H10I2O2/c16-15(17,13(18)11-7-3-1-4-8-11)14(19)12-9-5-2-6-10-12/h1-10H. The van der Waals surface area contributed by atoms with Gasteiger partial charge in [0.2, 0.25) is 0 Å². The molecule has 0 aliphatic carbocycles. The molecular weight excluding hydrogens is 466 g/mol. The van der Waals surface area contributed by atoms with Crippen molar-refractivity contribution in [3.05, 3.63) is 71.8 Å². The van der Waals surface area contributed by atoms with Crippen LogP contribution in [0.4, 0.5) is 0 Å². The minimum absolute atomic E-state index is 0.178. The van der Waals surface area contributed by atoms with Crippen molar-refractivity contribution in [3.8, 4) is 0 Å². The molecule has 0 bridgehead atoms. The van der Waals surface area contributed by atoms with Crippen molar-refractivity contribution >= 4 is 56.7 Å². The Bertz CT molecular complexity index is 539. The lowest BCUT2D eigenvalue weighted by molar-refractivity contribution is 0.0903. The monoisotopic (exact) mass is 476 g/mol. The van der Waals surface area contributed by atoms with E-state index in [0.29, 0.717) is 11.1 Å². The summed E-state index contributed by atoms with van der Waals surface area (Å²) in [5.41, 5.74) is 1.10. The molecule has 0 unspecified atom stereocenters. The van der Waals surface area contributed by atoms with Crippen LogP contribution in [0.2, 0.25) is 0 Å². The van der Waals surface area contributed by atoms with Gasteiger partial charge in [0.1, 0.15) is 0 Å². The Morgan fingerprint density at radius 3 is 1.32 bits per heavy atom. The maximum atomic E-state index is 12.4. The zero-order valence-electron chi connectivity index (χ0n) is 9.85. The molecule has 0 heterocycles. The number of halogens is 2. The molecule has 0 aliphatic heterocycles. The Labute approximate surface area is 138 Å². The van der Waals surface area contributed by atoms with Gasteiger partial charge in [-0.05, 0) is 45.2 Å². The summed E-state index contributed by atoms with van der Waals surface area (Å²) in [4.78, 5) is 24.9. The number of rotatable bonds is 4. The van der Waals surface area contributed by atoms with Crippen molar-refractivity contribution in [1.29, 1.82) is 0 Å². The number of ketones is 2. The summed E-state index contributed by atoms with van der Waals surface area (Å²) < 4.78 is -1.11. The highest BCUT2D eigenvalue weighted by Gasteiger charge is 2.41. The minimum Gasteiger partial charge on any atom is -0.291 e. The van der Waals surface area contributed by atoms with Crippen LogP contribution in [-0.4, -0.2) is 13.0 Å². The van der Waals surface area contributed by atoms with Gasteiger partial charge in [0.05, 0.1) is 0 Å². The Morgan fingerprint density at radius 2 is 1.00 bits per heavy atom. The summed E-state index contributed by atoms with van der Waals surface area (Å²) in [6.45, 7) is 0. The first-order valence-electron chi connectivity index (χ1n) is 5.61. The maximum absolute atomic E-state index is 12.4. The molecule has 0 radical (unpaired) electrons. The molecule has 0 N–H and O–H groups in total. The van der Waals surface area contributed by atoms with Gasteiger partial charge in [-0.1, -0.05) is 60.7 Å². The van der Waals surface area contributed by atoms with Gasteiger partial charge >= 0.3 is 0 Å². The van der Waals surface area contributed by atoms with E-state index in [2.05, 4.69) is 0 Å². The topological polar surface area (TPSA) is 34.1 Å². The summed E-state index contributed by atoms with van der Waals surface area (Å²) in [6, 6.07) is 17.8. The van der Waals surface area contributed by atoms with Crippen LogP contribution >= 0.6 is 45.2 Å². The normalized spacial score (nSPS) is 11.1. The minimum atomic E-state index is -1.11. The second kappa shape index (κ2) is 6.13. The molecule has 0 aromatic heterocycles. The van der Waals surface area contributed by atoms with Crippen LogP contribution in [0.25, 0.3) is 0 Å². The molecule has 0 aliphatic rings. The molecule has 0 saturated carbocycles. The fraction of sp³-hybridized carbons (Fsp3) is 0.0667. The van der Waals surface area contributed by atoms with Gasteiger partial charge in [0.25, 0.3) is 0 Å². The van der Waals surface area contributed by atoms with Crippen LogP contribution in [0.3, 0.4) is 0 Å². The highest BCUT2D eigenvalue weighted by molar-refractivity contribution is 14.2. The third kappa shape index (κ3) is 3.22. The summed E-state index contributed by atoms with van der Waals surface area (Å²) in [5, 5.41) is 0. The first kappa shape index (κ1) is 14.6. The lowest BCUT2D eigenvalue weighted by Crippen LogP contribution is -2.34. The quantitative estimate of drug-likeness (QED) is 0.285. The summed E-state index contributed by atoms with van der Waals surface area (Å²) in [7, 11) is 0. The van der Waals surface area contributed by atoms with E-state index >= 15 is 0 Å². The maximum Gasteiger partial charge on any atom is 0.198 e. The molecule has 0 spiro atoms. The fourth-order valence-corrected chi connectivity index (χ4v) is 2.89. The predicted octanol–water partition coefficient (Wildman–Crippen LogP) is 4.32. The molecule has 2 rings (SSSR count). The van der Waals surface area contributed by atoms with Gasteiger partial charge in [-0.3, -0.25) is 9.59 Å². The second-order valence-corrected chi connectivity index (χ2v) is 9.27. The van der Waals surface area contributed by atoms with E-state index in [-0.39, 0.29) is 11.6 Å². The van der Waals surface area contributed by atoms with E-state index in [4.69, 9.17) is 0 Å². The number of benzene rings is 2. The summed E-state index contributed by atoms with van der Waals surface area (Å²) in [5.74, 6) is -0.355. The van der Waals surface area contributed by atoms with E-state index in [1.54, 1.807) is 48.5 Å². The third-order valence-electron chi connectivity index (χ3n) is 2.64.